The SMILES string of the molecule is c1ccc2cc(CSc3nc4ccccc4s3)ccc2c1. The second kappa shape index (κ2) is 5.51. The Kier molecular flexibility index (Phi) is 3.37. The van der Waals surface area contributed by atoms with Crippen molar-refractivity contribution in [2.45, 2.75) is 10.1 Å². The van der Waals surface area contributed by atoms with Crippen LogP contribution in [0, 0.1) is 0 Å². The zero-order valence-electron chi connectivity index (χ0n) is 11.3. The molecule has 0 N–H and O–H groups in total. The number of benzene rings is 3. The molecule has 0 saturated carbocycles. The molecule has 3 aromatic carbocycles. The highest BCUT2D eigenvalue weighted by atomic mass is 32.2. The van der Waals surface area contributed by atoms with Crippen LogP contribution in [0.25, 0.3) is 21.0 Å². The summed E-state index contributed by atoms with van der Waals surface area (Å²) in [6.45, 7) is 0. The lowest BCUT2D eigenvalue weighted by Crippen LogP contribution is -1.81. The van der Waals surface area contributed by atoms with Crippen molar-refractivity contribution in [3.8, 4) is 0 Å². The Labute approximate surface area is 131 Å². The predicted molar refractivity (Wildman–Crippen MR) is 93.1 cm³/mol. The van der Waals surface area contributed by atoms with Crippen LogP contribution in [0.5, 0.6) is 0 Å². The van der Waals surface area contributed by atoms with E-state index in [1.807, 2.05) is 17.8 Å². The molecule has 1 aromatic heterocycles. The van der Waals surface area contributed by atoms with Crippen LogP contribution in [-0.4, -0.2) is 4.98 Å². The van der Waals surface area contributed by atoms with E-state index in [0.29, 0.717) is 0 Å². The Morgan fingerprint density at radius 3 is 2.57 bits per heavy atom. The van der Waals surface area contributed by atoms with Crippen LogP contribution in [0.15, 0.2) is 71.1 Å². The van der Waals surface area contributed by atoms with Gasteiger partial charge >= 0.3 is 0 Å². The van der Waals surface area contributed by atoms with Crippen LogP contribution >= 0.6 is 23.1 Å². The first-order valence-electron chi connectivity index (χ1n) is 6.84. The first-order valence-corrected chi connectivity index (χ1v) is 8.65. The summed E-state index contributed by atoms with van der Waals surface area (Å²) in [6.07, 6.45) is 0. The molecule has 4 aromatic rings. The maximum absolute atomic E-state index is 4.67. The largest absolute Gasteiger partial charge is 0.230 e. The Morgan fingerprint density at radius 2 is 1.67 bits per heavy atom. The lowest BCUT2D eigenvalue weighted by atomic mass is 10.1. The third kappa shape index (κ3) is 2.67. The fraction of sp³-hybridized carbons (Fsp3) is 0.0556. The molecule has 0 fully saturated rings. The van der Waals surface area contributed by atoms with Gasteiger partial charge in [0, 0.05) is 5.75 Å². The fourth-order valence-electron chi connectivity index (χ4n) is 2.39. The van der Waals surface area contributed by atoms with Crippen molar-refractivity contribution < 1.29 is 0 Å². The van der Waals surface area contributed by atoms with Crippen LogP contribution in [0.1, 0.15) is 5.56 Å². The van der Waals surface area contributed by atoms with Crippen molar-refractivity contribution in [1.82, 2.24) is 4.98 Å². The zero-order chi connectivity index (χ0) is 14.1. The molecule has 0 saturated heterocycles. The van der Waals surface area contributed by atoms with Gasteiger partial charge in [-0.3, -0.25) is 0 Å². The van der Waals surface area contributed by atoms with Gasteiger partial charge in [0.25, 0.3) is 0 Å². The van der Waals surface area contributed by atoms with Gasteiger partial charge in [-0.1, -0.05) is 66.4 Å². The van der Waals surface area contributed by atoms with E-state index < -0.39 is 0 Å². The highest BCUT2D eigenvalue weighted by Crippen LogP contribution is 2.31. The van der Waals surface area contributed by atoms with Gasteiger partial charge in [-0.25, -0.2) is 4.98 Å². The Bertz CT molecular complexity index is 878. The average molecular weight is 307 g/mol. The minimum atomic E-state index is 0.963. The fourth-order valence-corrected chi connectivity index (χ4v) is 4.40. The van der Waals surface area contributed by atoms with E-state index in [2.05, 4.69) is 65.6 Å². The lowest BCUT2D eigenvalue weighted by molar-refractivity contribution is 1.29. The van der Waals surface area contributed by atoms with E-state index in [1.54, 1.807) is 11.3 Å². The molecule has 3 heteroatoms. The highest BCUT2D eigenvalue weighted by Gasteiger charge is 2.04. The molecule has 4 rings (SSSR count). The normalized spacial score (nSPS) is 11.2. The Hall–Kier alpha value is -1.84. The smallest absolute Gasteiger partial charge is 0.151 e. The summed E-state index contributed by atoms with van der Waals surface area (Å²) in [7, 11) is 0. The van der Waals surface area contributed by atoms with Crippen molar-refractivity contribution in [1.29, 1.82) is 0 Å². The summed E-state index contributed by atoms with van der Waals surface area (Å²) in [4.78, 5) is 4.67. The third-order valence-electron chi connectivity index (χ3n) is 3.45. The van der Waals surface area contributed by atoms with Gasteiger partial charge in [0.15, 0.2) is 4.34 Å². The number of rotatable bonds is 3. The van der Waals surface area contributed by atoms with E-state index in [4.69, 9.17) is 0 Å². The van der Waals surface area contributed by atoms with Crippen molar-refractivity contribution in [3.63, 3.8) is 0 Å². The van der Waals surface area contributed by atoms with Crippen molar-refractivity contribution in [2.24, 2.45) is 0 Å². The molecule has 0 aliphatic rings. The van der Waals surface area contributed by atoms with Crippen LogP contribution in [0.2, 0.25) is 0 Å². The monoisotopic (exact) mass is 307 g/mol. The molecule has 0 unspecified atom stereocenters. The molecule has 0 radical (unpaired) electrons. The molecule has 102 valence electrons. The molecule has 0 aliphatic heterocycles. The Balaban J connectivity index is 1.57. The first kappa shape index (κ1) is 12.9. The number of hydrogen-bond acceptors (Lipinski definition) is 3. The summed E-state index contributed by atoms with van der Waals surface area (Å²) in [5.41, 5.74) is 2.45. The first-order chi connectivity index (χ1) is 10.4. The molecular formula is C18H13NS2. The van der Waals surface area contributed by atoms with Crippen molar-refractivity contribution >= 4 is 44.1 Å². The molecule has 0 bridgehead atoms. The molecule has 0 aliphatic carbocycles. The van der Waals surface area contributed by atoms with Crippen LogP contribution in [-0.2, 0) is 5.75 Å². The van der Waals surface area contributed by atoms with E-state index in [9.17, 15) is 0 Å². The molecular weight excluding hydrogens is 294 g/mol. The van der Waals surface area contributed by atoms with Crippen molar-refractivity contribution in [3.05, 3.63) is 72.3 Å². The van der Waals surface area contributed by atoms with Crippen molar-refractivity contribution in [2.75, 3.05) is 0 Å². The summed E-state index contributed by atoms with van der Waals surface area (Å²) in [5.74, 6) is 0.963. The topological polar surface area (TPSA) is 12.9 Å². The molecule has 0 atom stereocenters. The molecule has 1 nitrogen and oxygen atoms in total. The number of nitrogens with zero attached hydrogens (tertiary/aromatic N) is 1. The van der Waals surface area contributed by atoms with E-state index >= 15 is 0 Å². The minimum Gasteiger partial charge on any atom is -0.230 e. The molecule has 0 spiro atoms. The molecule has 1 heterocycles. The number of thioether (sulfide) groups is 1. The maximum atomic E-state index is 4.67. The van der Waals surface area contributed by atoms with E-state index in [-0.39, 0.29) is 0 Å². The quantitative estimate of drug-likeness (QED) is 0.447. The summed E-state index contributed by atoms with van der Waals surface area (Å²) in [5, 5.41) is 2.60. The standard InChI is InChI=1S/C18H13NS2/c1-2-6-15-11-13(9-10-14(15)5-1)12-20-18-19-16-7-3-4-8-17(16)21-18/h1-11H,12H2. The number of hydrogen-bond donors (Lipinski definition) is 0. The molecule has 0 amide bonds. The number of para-hydroxylation sites is 1. The number of fused-ring (bicyclic) bond motifs is 2. The number of thiazole rings is 1. The van der Waals surface area contributed by atoms with Gasteiger partial charge in [-0.05, 0) is 28.5 Å². The summed E-state index contributed by atoms with van der Waals surface area (Å²) in [6, 6.07) is 23.5. The van der Waals surface area contributed by atoms with E-state index in [0.717, 1.165) is 15.6 Å². The third-order valence-corrected chi connectivity index (χ3v) is 5.70. The second-order valence-corrected chi connectivity index (χ2v) is 7.17. The second-order valence-electron chi connectivity index (χ2n) is 4.92. The highest BCUT2D eigenvalue weighted by molar-refractivity contribution is 8.00. The van der Waals surface area contributed by atoms with Crippen LogP contribution in [0.3, 0.4) is 0 Å². The van der Waals surface area contributed by atoms with Crippen LogP contribution < -0.4 is 0 Å². The van der Waals surface area contributed by atoms with Gasteiger partial charge in [0.1, 0.15) is 0 Å². The Morgan fingerprint density at radius 1 is 0.857 bits per heavy atom. The van der Waals surface area contributed by atoms with Gasteiger partial charge < -0.3 is 0 Å². The number of aromatic nitrogens is 1. The van der Waals surface area contributed by atoms with Gasteiger partial charge in [-0.15, -0.1) is 11.3 Å². The van der Waals surface area contributed by atoms with Gasteiger partial charge in [0.2, 0.25) is 0 Å². The zero-order valence-corrected chi connectivity index (χ0v) is 13.0. The summed E-state index contributed by atoms with van der Waals surface area (Å²) < 4.78 is 2.41. The lowest BCUT2D eigenvalue weighted by Gasteiger charge is -2.02. The van der Waals surface area contributed by atoms with Gasteiger partial charge in [-0.2, -0.15) is 0 Å². The average Bonchev–Trinajstić information content (AvgIpc) is 2.95. The maximum Gasteiger partial charge on any atom is 0.151 e. The minimum absolute atomic E-state index is 0.963. The predicted octanol–water partition coefficient (Wildman–Crippen LogP) is 5.74. The van der Waals surface area contributed by atoms with Gasteiger partial charge in [0.05, 0.1) is 10.2 Å². The summed E-state index contributed by atoms with van der Waals surface area (Å²) >= 11 is 3.59. The molecule has 21 heavy (non-hydrogen) atoms. The van der Waals surface area contributed by atoms with E-state index in [1.165, 1.54) is 21.0 Å². The van der Waals surface area contributed by atoms with Crippen LogP contribution in [0.4, 0.5) is 0 Å².